The summed E-state index contributed by atoms with van der Waals surface area (Å²) in [6.07, 6.45) is 0. The maximum absolute atomic E-state index is 11.7. The molecule has 0 aliphatic carbocycles. The van der Waals surface area contributed by atoms with Gasteiger partial charge in [0.2, 0.25) is 5.95 Å². The molecule has 0 aliphatic rings. The Hall–Kier alpha value is -1.70. The number of anilines is 1. The topological polar surface area (TPSA) is 85.8 Å². The number of aromatic nitrogens is 4. The third-order valence-corrected chi connectivity index (χ3v) is 2.28. The Labute approximate surface area is 98.9 Å². The summed E-state index contributed by atoms with van der Waals surface area (Å²) in [6.45, 7) is 2.44. The number of amides is 1. The molecule has 0 aliphatic heterocycles. The molecule has 0 saturated carbocycles. The van der Waals surface area contributed by atoms with Crippen molar-refractivity contribution in [1.29, 1.82) is 0 Å². The van der Waals surface area contributed by atoms with Crippen LogP contribution in [-0.4, -0.2) is 26.1 Å². The summed E-state index contributed by atoms with van der Waals surface area (Å²) in [5.74, 6) is 0.0905. The first-order valence-corrected chi connectivity index (χ1v) is 5.33. The number of nitrogens with zero attached hydrogens (tertiary/aromatic N) is 4. The van der Waals surface area contributed by atoms with Crippen LogP contribution >= 0.6 is 15.9 Å². The van der Waals surface area contributed by atoms with E-state index in [9.17, 15) is 4.79 Å². The summed E-state index contributed by atoms with van der Waals surface area (Å²) in [5.41, 5.74) is 0. The van der Waals surface area contributed by atoms with Crippen molar-refractivity contribution in [3.8, 4) is 0 Å². The minimum absolute atomic E-state index is 0.192. The van der Waals surface area contributed by atoms with Gasteiger partial charge in [-0.15, -0.1) is 0 Å². The second-order valence-electron chi connectivity index (χ2n) is 2.88. The van der Waals surface area contributed by atoms with E-state index in [0.717, 1.165) is 0 Å². The van der Waals surface area contributed by atoms with E-state index >= 15 is 0 Å². The van der Waals surface area contributed by atoms with Crippen LogP contribution in [0, 0.1) is 0 Å². The SMILES string of the molecule is CCn1nnnc1NC(=O)c1ccc(Br)o1. The van der Waals surface area contributed by atoms with Gasteiger partial charge in [-0.1, -0.05) is 5.10 Å². The minimum Gasteiger partial charge on any atom is -0.444 e. The van der Waals surface area contributed by atoms with E-state index < -0.39 is 5.91 Å². The number of aryl methyl sites for hydroxylation is 1. The van der Waals surface area contributed by atoms with Gasteiger partial charge in [-0.2, -0.15) is 0 Å². The molecule has 1 N–H and O–H groups in total. The van der Waals surface area contributed by atoms with E-state index in [1.165, 1.54) is 4.68 Å². The molecule has 2 aromatic heterocycles. The Morgan fingerprint density at radius 2 is 2.44 bits per heavy atom. The Kier molecular flexibility index (Phi) is 3.00. The Bertz CT molecular complexity index is 506. The summed E-state index contributed by atoms with van der Waals surface area (Å²) in [7, 11) is 0. The zero-order chi connectivity index (χ0) is 11.5. The standard InChI is InChI=1S/C8H8BrN5O2/c1-2-14-8(11-12-13-14)10-7(15)5-3-4-6(9)16-5/h3-4H,2H2,1H3,(H,10,11,13,15). The molecule has 16 heavy (non-hydrogen) atoms. The summed E-state index contributed by atoms with van der Waals surface area (Å²) >= 11 is 3.11. The van der Waals surface area contributed by atoms with E-state index in [1.54, 1.807) is 12.1 Å². The highest BCUT2D eigenvalue weighted by Crippen LogP contribution is 2.14. The Balaban J connectivity index is 2.13. The van der Waals surface area contributed by atoms with Crippen molar-refractivity contribution in [2.45, 2.75) is 13.5 Å². The molecule has 84 valence electrons. The number of nitrogens with one attached hydrogen (secondary N) is 1. The molecular formula is C8H8BrN5O2. The van der Waals surface area contributed by atoms with Crippen molar-refractivity contribution in [3.63, 3.8) is 0 Å². The Morgan fingerprint density at radius 3 is 3.06 bits per heavy atom. The Morgan fingerprint density at radius 1 is 1.62 bits per heavy atom. The highest BCUT2D eigenvalue weighted by molar-refractivity contribution is 9.10. The van der Waals surface area contributed by atoms with E-state index in [-0.39, 0.29) is 5.76 Å². The molecule has 0 aromatic carbocycles. The molecule has 0 atom stereocenters. The van der Waals surface area contributed by atoms with Crippen LogP contribution < -0.4 is 5.32 Å². The highest BCUT2D eigenvalue weighted by Gasteiger charge is 2.14. The quantitative estimate of drug-likeness (QED) is 0.919. The summed E-state index contributed by atoms with van der Waals surface area (Å²) in [5, 5.41) is 13.4. The fraction of sp³-hybridized carbons (Fsp3) is 0.250. The normalized spacial score (nSPS) is 10.4. The van der Waals surface area contributed by atoms with Crippen molar-refractivity contribution >= 4 is 27.8 Å². The van der Waals surface area contributed by atoms with Crippen molar-refractivity contribution in [2.24, 2.45) is 0 Å². The molecule has 0 spiro atoms. The number of hydrogen-bond donors (Lipinski definition) is 1. The van der Waals surface area contributed by atoms with Crippen LogP contribution in [-0.2, 0) is 6.54 Å². The molecule has 7 nitrogen and oxygen atoms in total. The lowest BCUT2D eigenvalue weighted by atomic mass is 10.4. The van der Waals surface area contributed by atoms with E-state index in [0.29, 0.717) is 17.2 Å². The molecule has 0 saturated heterocycles. The number of hydrogen-bond acceptors (Lipinski definition) is 5. The van der Waals surface area contributed by atoms with Gasteiger partial charge in [0, 0.05) is 6.54 Å². The average Bonchev–Trinajstić information content (AvgIpc) is 2.86. The van der Waals surface area contributed by atoms with Crippen molar-refractivity contribution in [1.82, 2.24) is 20.2 Å². The number of rotatable bonds is 3. The fourth-order valence-corrected chi connectivity index (χ4v) is 1.41. The maximum atomic E-state index is 11.7. The fourth-order valence-electron chi connectivity index (χ4n) is 1.11. The van der Waals surface area contributed by atoms with E-state index in [1.807, 2.05) is 6.92 Å². The van der Waals surface area contributed by atoms with Crippen molar-refractivity contribution in [3.05, 3.63) is 22.6 Å². The molecule has 0 unspecified atom stereocenters. The zero-order valence-electron chi connectivity index (χ0n) is 8.35. The number of carbonyl (C=O) groups is 1. The van der Waals surface area contributed by atoms with Crippen LogP contribution in [0.15, 0.2) is 21.2 Å². The van der Waals surface area contributed by atoms with Gasteiger partial charge in [-0.05, 0) is 45.4 Å². The van der Waals surface area contributed by atoms with Crippen molar-refractivity contribution < 1.29 is 9.21 Å². The minimum atomic E-state index is -0.393. The van der Waals surface area contributed by atoms with Crippen LogP contribution in [0.4, 0.5) is 5.95 Å². The van der Waals surface area contributed by atoms with Gasteiger partial charge in [-0.3, -0.25) is 10.1 Å². The maximum Gasteiger partial charge on any atom is 0.293 e. The summed E-state index contributed by atoms with van der Waals surface area (Å²) < 4.78 is 7.06. The summed E-state index contributed by atoms with van der Waals surface area (Å²) in [4.78, 5) is 11.7. The number of furan rings is 1. The van der Waals surface area contributed by atoms with Gasteiger partial charge in [0.1, 0.15) is 0 Å². The van der Waals surface area contributed by atoms with Gasteiger partial charge in [-0.25, -0.2) is 4.68 Å². The molecule has 2 aromatic rings. The molecule has 0 radical (unpaired) electrons. The number of halogens is 1. The lowest BCUT2D eigenvalue weighted by molar-refractivity contribution is 0.0994. The molecular weight excluding hydrogens is 278 g/mol. The van der Waals surface area contributed by atoms with Crippen LogP contribution in [0.5, 0.6) is 0 Å². The lowest BCUT2D eigenvalue weighted by Gasteiger charge is -2.01. The average molecular weight is 286 g/mol. The summed E-state index contributed by atoms with van der Waals surface area (Å²) in [6, 6.07) is 3.19. The first-order chi connectivity index (χ1) is 7.70. The van der Waals surface area contributed by atoms with Gasteiger partial charge in [0.15, 0.2) is 10.4 Å². The van der Waals surface area contributed by atoms with Crippen LogP contribution in [0.1, 0.15) is 17.5 Å². The smallest absolute Gasteiger partial charge is 0.293 e. The van der Waals surface area contributed by atoms with Gasteiger partial charge in [0.25, 0.3) is 5.91 Å². The second kappa shape index (κ2) is 4.44. The number of carbonyl (C=O) groups excluding carboxylic acids is 1. The molecule has 2 heterocycles. The first-order valence-electron chi connectivity index (χ1n) is 4.53. The molecule has 0 fully saturated rings. The first kappa shape index (κ1) is 10.8. The predicted molar refractivity (Wildman–Crippen MR) is 57.9 cm³/mol. The third kappa shape index (κ3) is 2.11. The molecule has 8 heteroatoms. The number of tetrazole rings is 1. The highest BCUT2D eigenvalue weighted by atomic mass is 79.9. The monoisotopic (exact) mass is 285 g/mol. The molecule has 1 amide bonds. The largest absolute Gasteiger partial charge is 0.444 e. The van der Waals surface area contributed by atoms with Crippen molar-refractivity contribution in [2.75, 3.05) is 5.32 Å². The van der Waals surface area contributed by atoms with Gasteiger partial charge in [0.05, 0.1) is 0 Å². The van der Waals surface area contributed by atoms with Crippen LogP contribution in [0.2, 0.25) is 0 Å². The van der Waals surface area contributed by atoms with Crippen LogP contribution in [0.25, 0.3) is 0 Å². The van der Waals surface area contributed by atoms with E-state index in [4.69, 9.17) is 4.42 Å². The van der Waals surface area contributed by atoms with Gasteiger partial charge >= 0.3 is 0 Å². The zero-order valence-corrected chi connectivity index (χ0v) is 9.93. The third-order valence-electron chi connectivity index (χ3n) is 1.85. The lowest BCUT2D eigenvalue weighted by Crippen LogP contribution is -2.15. The molecule has 2 rings (SSSR count). The van der Waals surface area contributed by atoms with Gasteiger partial charge < -0.3 is 4.42 Å². The second-order valence-corrected chi connectivity index (χ2v) is 3.66. The molecule has 0 bridgehead atoms. The predicted octanol–water partition coefficient (Wildman–Crippen LogP) is 1.30. The van der Waals surface area contributed by atoms with E-state index in [2.05, 4.69) is 36.8 Å². The van der Waals surface area contributed by atoms with Crippen LogP contribution in [0.3, 0.4) is 0 Å².